The molecule has 2 N–H and O–H groups in total. The van der Waals surface area contributed by atoms with Crippen LogP contribution in [0.1, 0.15) is 33.8 Å². The number of nitriles is 2. The summed E-state index contributed by atoms with van der Waals surface area (Å²) in [5.41, 5.74) is 3.47. The van der Waals surface area contributed by atoms with E-state index in [1.807, 2.05) is 12.3 Å². The fourth-order valence-electron chi connectivity index (χ4n) is 4.28. The largest absolute Gasteiger partial charge is 0.377 e. The summed E-state index contributed by atoms with van der Waals surface area (Å²) in [5, 5.41) is 37.2. The van der Waals surface area contributed by atoms with E-state index in [0.717, 1.165) is 4.88 Å². The number of benzene rings is 2. The van der Waals surface area contributed by atoms with E-state index in [1.165, 1.54) is 35.7 Å². The van der Waals surface area contributed by atoms with Crippen LogP contribution >= 0.6 is 34.5 Å². The fourth-order valence-corrected chi connectivity index (χ4v) is 5.62. The van der Waals surface area contributed by atoms with Gasteiger partial charge < -0.3 is 15.4 Å². The lowest BCUT2D eigenvalue weighted by atomic mass is 10.1. The van der Waals surface area contributed by atoms with Gasteiger partial charge in [0.25, 0.3) is 0 Å². The SMILES string of the molecule is N#Cc1csc([C@H](Nc2cc(Cl)c3ncc(C#N)c(Nc4ccc(F)c(Cl)c4)c3c2)c2cn(C3COC3)nn2)c1. The normalized spacial score (nSPS) is 13.8. The summed E-state index contributed by atoms with van der Waals surface area (Å²) in [6.45, 7) is 1.14. The van der Waals surface area contributed by atoms with Crippen molar-refractivity contribution < 1.29 is 9.13 Å². The molecule has 1 saturated heterocycles. The van der Waals surface area contributed by atoms with Gasteiger partial charge in [0.1, 0.15) is 35.7 Å². The number of hydrogen-bond acceptors (Lipinski definition) is 9. The van der Waals surface area contributed by atoms with Crippen molar-refractivity contribution >= 4 is 62.5 Å². The van der Waals surface area contributed by atoms with Gasteiger partial charge in [0.2, 0.25) is 0 Å². The van der Waals surface area contributed by atoms with Crippen molar-refractivity contribution in [1.82, 2.24) is 20.0 Å². The van der Waals surface area contributed by atoms with Crippen molar-refractivity contribution in [2.75, 3.05) is 23.8 Å². The van der Waals surface area contributed by atoms with Crippen molar-refractivity contribution in [3.8, 4) is 12.1 Å². The first-order valence-corrected chi connectivity index (χ1v) is 13.6. The van der Waals surface area contributed by atoms with E-state index < -0.39 is 11.9 Å². The van der Waals surface area contributed by atoms with Gasteiger partial charge in [-0.15, -0.1) is 16.4 Å². The van der Waals surface area contributed by atoms with Crippen LogP contribution < -0.4 is 10.6 Å². The minimum Gasteiger partial charge on any atom is -0.377 e. The lowest BCUT2D eigenvalue weighted by Crippen LogP contribution is -2.31. The Kier molecular flexibility index (Phi) is 6.96. The van der Waals surface area contributed by atoms with E-state index >= 15 is 0 Å². The lowest BCUT2D eigenvalue weighted by Gasteiger charge is -2.25. The molecule has 13 heteroatoms. The van der Waals surface area contributed by atoms with Crippen molar-refractivity contribution in [3.05, 3.63) is 91.7 Å². The van der Waals surface area contributed by atoms with Gasteiger partial charge in [-0.25, -0.2) is 9.07 Å². The highest BCUT2D eigenvalue weighted by molar-refractivity contribution is 7.10. The van der Waals surface area contributed by atoms with Gasteiger partial charge in [-0.3, -0.25) is 4.98 Å². The quantitative estimate of drug-likeness (QED) is 0.217. The van der Waals surface area contributed by atoms with Gasteiger partial charge in [-0.05, 0) is 36.4 Å². The predicted octanol–water partition coefficient (Wildman–Crippen LogP) is 6.59. The summed E-state index contributed by atoms with van der Waals surface area (Å²) in [6, 6.07) is 13.5. The molecule has 0 spiro atoms. The average Bonchev–Trinajstić information content (AvgIpc) is 3.59. The number of halogens is 3. The van der Waals surface area contributed by atoms with Gasteiger partial charge >= 0.3 is 0 Å². The second-order valence-corrected chi connectivity index (χ2v) is 10.8. The van der Waals surface area contributed by atoms with Crippen molar-refractivity contribution in [3.63, 3.8) is 0 Å². The summed E-state index contributed by atoms with van der Waals surface area (Å²) in [5.74, 6) is -0.553. The Morgan fingerprint density at radius 1 is 1.10 bits per heavy atom. The number of pyridine rings is 1. The highest BCUT2D eigenvalue weighted by Gasteiger charge is 2.26. The summed E-state index contributed by atoms with van der Waals surface area (Å²) >= 11 is 14.1. The summed E-state index contributed by atoms with van der Waals surface area (Å²) in [6.07, 6.45) is 3.29. The Morgan fingerprint density at radius 2 is 1.93 bits per heavy atom. The van der Waals surface area contributed by atoms with E-state index in [4.69, 9.17) is 27.9 Å². The van der Waals surface area contributed by atoms with Crippen molar-refractivity contribution in [2.45, 2.75) is 12.1 Å². The number of ether oxygens (including phenoxy) is 1. The Morgan fingerprint density at radius 3 is 2.62 bits per heavy atom. The topological polar surface area (TPSA) is 124 Å². The number of anilines is 3. The molecule has 1 aliphatic heterocycles. The molecule has 1 atom stereocenters. The van der Waals surface area contributed by atoms with Crippen LogP contribution in [-0.4, -0.2) is 33.2 Å². The number of fused-ring (bicyclic) bond motifs is 1. The van der Waals surface area contributed by atoms with Crippen LogP contribution in [0.4, 0.5) is 21.5 Å². The molecule has 2 aromatic carbocycles. The highest BCUT2D eigenvalue weighted by atomic mass is 35.5. The Balaban J connectivity index is 1.43. The van der Waals surface area contributed by atoms with Crippen molar-refractivity contribution in [2.24, 2.45) is 0 Å². The molecule has 0 amide bonds. The average molecular weight is 591 g/mol. The van der Waals surface area contributed by atoms with Gasteiger partial charge in [-0.2, -0.15) is 10.5 Å². The maximum atomic E-state index is 13.8. The van der Waals surface area contributed by atoms with Crippen LogP contribution in [0.3, 0.4) is 0 Å². The third kappa shape index (κ3) is 4.92. The second kappa shape index (κ2) is 10.7. The van der Waals surface area contributed by atoms with E-state index in [9.17, 15) is 14.9 Å². The van der Waals surface area contributed by atoms with Crippen LogP contribution in [0.5, 0.6) is 0 Å². The molecular formula is C27H17Cl2FN8OS. The number of thiophene rings is 1. The standard InChI is InChI=1S/C27H17Cl2FN8OS/c28-20-5-16(1-2-22(20)30)34-25-15(8-32)9-33-26-19(25)4-17(6-21(26)29)35-27(24-3-14(7-31)13-40-24)23-10-38(37-36-23)18-11-39-12-18/h1-6,9-10,13,18,27,35H,11-12H2,(H,33,34)/t27-/m1/s1. The maximum Gasteiger partial charge on any atom is 0.141 e. The van der Waals surface area contributed by atoms with E-state index in [-0.39, 0.29) is 16.6 Å². The van der Waals surface area contributed by atoms with E-state index in [0.29, 0.717) is 57.5 Å². The molecule has 0 saturated carbocycles. The van der Waals surface area contributed by atoms with Gasteiger partial charge in [0, 0.05) is 33.2 Å². The number of rotatable bonds is 7. The first-order chi connectivity index (χ1) is 19.4. The molecular weight excluding hydrogens is 574 g/mol. The molecule has 3 aromatic heterocycles. The Bertz CT molecular complexity index is 1840. The van der Waals surface area contributed by atoms with Crippen LogP contribution in [0, 0.1) is 28.5 Å². The van der Waals surface area contributed by atoms with Crippen LogP contribution in [0.25, 0.3) is 10.9 Å². The molecule has 9 nitrogen and oxygen atoms in total. The van der Waals surface area contributed by atoms with Crippen molar-refractivity contribution in [1.29, 1.82) is 10.5 Å². The third-order valence-electron chi connectivity index (χ3n) is 6.40. The number of nitrogens with one attached hydrogen (secondary N) is 2. The lowest BCUT2D eigenvalue weighted by molar-refractivity contribution is -0.0293. The summed E-state index contributed by atoms with van der Waals surface area (Å²) in [7, 11) is 0. The van der Waals surface area contributed by atoms with Gasteiger partial charge in [-0.1, -0.05) is 28.4 Å². The monoisotopic (exact) mass is 590 g/mol. The van der Waals surface area contributed by atoms with Crippen LogP contribution in [-0.2, 0) is 4.74 Å². The number of aromatic nitrogens is 4. The summed E-state index contributed by atoms with van der Waals surface area (Å²) < 4.78 is 20.8. The maximum absolute atomic E-state index is 13.8. The van der Waals surface area contributed by atoms with Gasteiger partial charge in [0.05, 0.1) is 51.8 Å². The molecule has 6 rings (SSSR count). The Hall–Kier alpha value is -4.26. The molecule has 40 heavy (non-hydrogen) atoms. The van der Waals surface area contributed by atoms with E-state index in [2.05, 4.69) is 38.1 Å². The Labute approximate surface area is 241 Å². The minimum atomic E-state index is -0.553. The zero-order chi connectivity index (χ0) is 27.8. The van der Waals surface area contributed by atoms with Crippen LogP contribution in [0.15, 0.2) is 54.2 Å². The zero-order valence-electron chi connectivity index (χ0n) is 20.4. The first kappa shape index (κ1) is 26.0. The van der Waals surface area contributed by atoms with E-state index in [1.54, 1.807) is 22.2 Å². The minimum absolute atomic E-state index is 0.0562. The molecule has 0 aliphatic carbocycles. The highest BCUT2D eigenvalue weighted by Crippen LogP contribution is 2.38. The molecule has 198 valence electrons. The molecule has 0 unspecified atom stereocenters. The zero-order valence-corrected chi connectivity index (χ0v) is 22.7. The first-order valence-electron chi connectivity index (χ1n) is 11.9. The van der Waals surface area contributed by atoms with Gasteiger partial charge in [0.15, 0.2) is 0 Å². The molecule has 1 fully saturated rings. The molecule has 4 heterocycles. The number of nitrogens with zero attached hydrogens (tertiary/aromatic N) is 6. The fraction of sp³-hybridized carbons (Fsp3) is 0.148. The molecule has 5 aromatic rings. The summed E-state index contributed by atoms with van der Waals surface area (Å²) in [4.78, 5) is 5.25. The van der Waals surface area contributed by atoms with Crippen LogP contribution in [0.2, 0.25) is 10.0 Å². The third-order valence-corrected chi connectivity index (χ3v) is 7.97. The number of hydrogen-bond donors (Lipinski definition) is 2. The second-order valence-electron chi connectivity index (χ2n) is 9.01. The molecule has 0 bridgehead atoms. The molecule has 1 aliphatic rings. The predicted molar refractivity (Wildman–Crippen MR) is 151 cm³/mol. The smallest absolute Gasteiger partial charge is 0.141 e. The molecule has 0 radical (unpaired) electrons.